The number of methoxy groups -OCH3 is 2. The lowest BCUT2D eigenvalue weighted by atomic mass is 10.1. The first kappa shape index (κ1) is 18.3. The molecule has 22 heavy (non-hydrogen) atoms. The minimum atomic E-state index is -0.0657. The molecule has 0 atom stereocenters. The van der Waals surface area contributed by atoms with Gasteiger partial charge in [-0.1, -0.05) is 27.7 Å². The molecule has 0 spiro atoms. The Labute approximate surface area is 133 Å². The van der Waals surface area contributed by atoms with Crippen LogP contribution in [0.25, 0.3) is 0 Å². The molecule has 1 rings (SSSR count). The molecule has 1 aromatic rings. The smallest absolute Gasteiger partial charge is 0.229 e. The van der Waals surface area contributed by atoms with Crippen LogP contribution in [0.1, 0.15) is 33.3 Å². The number of ether oxygens (including phenoxy) is 2. The van der Waals surface area contributed by atoms with Crippen LogP contribution in [0.15, 0.2) is 12.1 Å². The molecule has 1 N–H and O–H groups in total. The number of carbonyl (C=O) groups is 1. The van der Waals surface area contributed by atoms with Gasteiger partial charge in [-0.15, -0.1) is 0 Å². The molecule has 0 unspecified atom stereocenters. The van der Waals surface area contributed by atoms with E-state index in [1.165, 1.54) is 0 Å². The van der Waals surface area contributed by atoms with Gasteiger partial charge in [0.1, 0.15) is 0 Å². The number of carbonyl (C=O) groups excluding carboxylic acids is 1. The van der Waals surface area contributed by atoms with E-state index in [1.807, 2.05) is 26.0 Å². The highest BCUT2D eigenvalue weighted by Crippen LogP contribution is 2.35. The van der Waals surface area contributed by atoms with Crippen LogP contribution >= 0.6 is 0 Å². The van der Waals surface area contributed by atoms with Gasteiger partial charge in [-0.05, 0) is 11.6 Å². The van der Waals surface area contributed by atoms with E-state index in [-0.39, 0.29) is 11.8 Å². The zero-order valence-corrected chi connectivity index (χ0v) is 14.7. The molecule has 0 bridgehead atoms. The molecule has 0 saturated heterocycles. The predicted molar refractivity (Wildman–Crippen MR) is 89.8 cm³/mol. The van der Waals surface area contributed by atoms with Crippen LogP contribution in [0.2, 0.25) is 0 Å². The fourth-order valence-corrected chi connectivity index (χ4v) is 2.18. The van der Waals surface area contributed by atoms with Crippen LogP contribution in [0.3, 0.4) is 0 Å². The minimum Gasteiger partial charge on any atom is -0.493 e. The first-order chi connectivity index (χ1) is 10.3. The van der Waals surface area contributed by atoms with Gasteiger partial charge in [0, 0.05) is 31.6 Å². The van der Waals surface area contributed by atoms with Crippen LogP contribution in [0.5, 0.6) is 11.5 Å². The molecule has 0 saturated carbocycles. The van der Waals surface area contributed by atoms with Crippen LogP contribution in [0, 0.1) is 5.92 Å². The van der Waals surface area contributed by atoms with Crippen LogP contribution in [-0.4, -0.2) is 33.2 Å². The molecule has 1 amide bonds. The van der Waals surface area contributed by atoms with E-state index >= 15 is 0 Å². The normalized spacial score (nSPS) is 11.0. The van der Waals surface area contributed by atoms with Gasteiger partial charge in [-0.2, -0.15) is 0 Å². The Morgan fingerprint density at radius 1 is 1.14 bits per heavy atom. The Morgan fingerprint density at radius 2 is 1.68 bits per heavy atom. The van der Waals surface area contributed by atoms with Crippen molar-refractivity contribution in [1.82, 2.24) is 5.32 Å². The summed E-state index contributed by atoms with van der Waals surface area (Å²) in [5, 5.41) is 3.38. The van der Waals surface area contributed by atoms with E-state index in [2.05, 4.69) is 19.2 Å². The second-order valence-corrected chi connectivity index (χ2v) is 5.92. The van der Waals surface area contributed by atoms with Gasteiger partial charge in [-0.25, -0.2) is 0 Å². The van der Waals surface area contributed by atoms with E-state index in [0.717, 1.165) is 11.3 Å². The molecule has 0 aliphatic heterocycles. The highest BCUT2D eigenvalue weighted by Gasteiger charge is 2.20. The summed E-state index contributed by atoms with van der Waals surface area (Å²) in [6, 6.07) is 4.14. The Bertz CT molecular complexity index is 513. The molecule has 5 nitrogen and oxygen atoms in total. The zero-order chi connectivity index (χ0) is 16.9. The second kappa shape index (κ2) is 8.03. The third-order valence-electron chi connectivity index (χ3n) is 3.47. The molecule has 0 aliphatic carbocycles. The van der Waals surface area contributed by atoms with Gasteiger partial charge < -0.3 is 19.7 Å². The van der Waals surface area contributed by atoms with Crippen LogP contribution in [-0.2, 0) is 11.3 Å². The van der Waals surface area contributed by atoms with Gasteiger partial charge in [0.2, 0.25) is 5.91 Å². The Hall–Kier alpha value is -1.75. The summed E-state index contributed by atoms with van der Waals surface area (Å²) in [6.45, 7) is 8.62. The largest absolute Gasteiger partial charge is 0.493 e. The summed E-state index contributed by atoms with van der Waals surface area (Å²) in [5.74, 6) is 1.29. The maximum atomic E-state index is 12.3. The van der Waals surface area contributed by atoms with Crippen molar-refractivity contribution in [3.05, 3.63) is 17.7 Å². The summed E-state index contributed by atoms with van der Waals surface area (Å²) in [4.78, 5) is 14.0. The van der Waals surface area contributed by atoms with Gasteiger partial charge in [-0.3, -0.25) is 4.79 Å². The maximum absolute atomic E-state index is 12.3. The van der Waals surface area contributed by atoms with Crippen LogP contribution < -0.4 is 19.7 Å². The Balaban J connectivity index is 3.28. The van der Waals surface area contributed by atoms with Crippen molar-refractivity contribution in [3.8, 4) is 11.5 Å². The molecule has 0 radical (unpaired) electrons. The Morgan fingerprint density at radius 3 is 2.14 bits per heavy atom. The second-order valence-electron chi connectivity index (χ2n) is 5.92. The molecular weight excluding hydrogens is 280 g/mol. The average Bonchev–Trinajstić information content (AvgIpc) is 2.50. The predicted octanol–water partition coefficient (Wildman–Crippen LogP) is 2.82. The number of nitrogens with zero attached hydrogens (tertiary/aromatic N) is 1. The molecule has 1 aromatic carbocycles. The van der Waals surface area contributed by atoms with E-state index in [0.29, 0.717) is 24.1 Å². The Kier molecular flexibility index (Phi) is 6.68. The fourth-order valence-electron chi connectivity index (χ4n) is 2.18. The molecule has 0 aliphatic rings. The van der Waals surface area contributed by atoms with Crippen molar-refractivity contribution >= 4 is 11.6 Å². The first-order valence-electron chi connectivity index (χ1n) is 7.57. The van der Waals surface area contributed by atoms with Gasteiger partial charge in [0.25, 0.3) is 0 Å². The van der Waals surface area contributed by atoms with Gasteiger partial charge in [0.15, 0.2) is 11.5 Å². The van der Waals surface area contributed by atoms with Crippen molar-refractivity contribution in [3.63, 3.8) is 0 Å². The number of hydrogen-bond acceptors (Lipinski definition) is 4. The number of hydrogen-bond donors (Lipinski definition) is 1. The SMILES string of the molecule is COc1cc(CNC(C)C)c(N(C)C(=O)C(C)C)cc1OC. The average molecular weight is 308 g/mol. The maximum Gasteiger partial charge on any atom is 0.229 e. The quantitative estimate of drug-likeness (QED) is 0.841. The summed E-state index contributed by atoms with van der Waals surface area (Å²) in [5.41, 5.74) is 1.84. The number of amides is 1. The van der Waals surface area contributed by atoms with Crippen molar-refractivity contribution in [2.24, 2.45) is 5.92 Å². The lowest BCUT2D eigenvalue weighted by Crippen LogP contribution is -2.32. The molecular formula is C17H28N2O3. The third-order valence-corrected chi connectivity index (χ3v) is 3.47. The summed E-state index contributed by atoms with van der Waals surface area (Å²) in [7, 11) is 5.00. The highest BCUT2D eigenvalue weighted by atomic mass is 16.5. The van der Waals surface area contributed by atoms with Gasteiger partial charge in [0.05, 0.1) is 19.9 Å². The third kappa shape index (κ3) is 4.37. The standard InChI is InChI=1S/C17H28N2O3/c1-11(2)17(20)19(5)14-9-16(22-7)15(21-6)8-13(14)10-18-12(3)4/h8-9,11-12,18H,10H2,1-7H3. The van der Waals surface area contributed by atoms with Crippen molar-refractivity contribution in [2.75, 3.05) is 26.2 Å². The molecule has 5 heteroatoms. The molecule has 0 heterocycles. The monoisotopic (exact) mass is 308 g/mol. The number of anilines is 1. The number of benzene rings is 1. The summed E-state index contributed by atoms with van der Waals surface area (Å²) >= 11 is 0. The van der Waals surface area contributed by atoms with Gasteiger partial charge >= 0.3 is 0 Å². The highest BCUT2D eigenvalue weighted by molar-refractivity contribution is 5.95. The molecule has 124 valence electrons. The van der Waals surface area contributed by atoms with Crippen molar-refractivity contribution in [1.29, 1.82) is 0 Å². The van der Waals surface area contributed by atoms with Crippen molar-refractivity contribution < 1.29 is 14.3 Å². The van der Waals surface area contributed by atoms with Crippen molar-refractivity contribution in [2.45, 2.75) is 40.3 Å². The zero-order valence-electron chi connectivity index (χ0n) is 14.7. The van der Waals surface area contributed by atoms with E-state index in [9.17, 15) is 4.79 Å². The van der Waals surface area contributed by atoms with Crippen LogP contribution in [0.4, 0.5) is 5.69 Å². The van der Waals surface area contributed by atoms with E-state index in [1.54, 1.807) is 26.2 Å². The fraction of sp³-hybridized carbons (Fsp3) is 0.588. The summed E-state index contributed by atoms with van der Waals surface area (Å²) in [6.07, 6.45) is 0. The van der Waals surface area contributed by atoms with E-state index < -0.39 is 0 Å². The minimum absolute atomic E-state index is 0.0657. The molecule has 0 fully saturated rings. The molecule has 0 aromatic heterocycles. The lowest BCUT2D eigenvalue weighted by molar-refractivity contribution is -0.121. The number of nitrogens with one attached hydrogen (secondary N) is 1. The van der Waals surface area contributed by atoms with E-state index in [4.69, 9.17) is 9.47 Å². The number of rotatable bonds is 7. The first-order valence-corrected chi connectivity index (χ1v) is 7.57. The lowest BCUT2D eigenvalue weighted by Gasteiger charge is -2.24. The topological polar surface area (TPSA) is 50.8 Å². The summed E-state index contributed by atoms with van der Waals surface area (Å²) < 4.78 is 10.7.